The number of hydrogen-bond acceptors (Lipinski definition) is 4. The van der Waals surface area contributed by atoms with Gasteiger partial charge in [0.2, 0.25) is 5.91 Å². The molecule has 0 bridgehead atoms. The van der Waals surface area contributed by atoms with E-state index in [0.29, 0.717) is 17.1 Å². The molecule has 31 heavy (non-hydrogen) atoms. The van der Waals surface area contributed by atoms with Gasteiger partial charge in [0, 0.05) is 12.6 Å². The van der Waals surface area contributed by atoms with Crippen LogP contribution in [0.5, 0.6) is 0 Å². The number of anilines is 2. The first-order valence-corrected chi connectivity index (χ1v) is 9.92. The summed E-state index contributed by atoms with van der Waals surface area (Å²) in [6.07, 6.45) is 0. The molecule has 1 unspecified atom stereocenters. The van der Waals surface area contributed by atoms with Crippen LogP contribution in [0, 0.1) is 6.92 Å². The summed E-state index contributed by atoms with van der Waals surface area (Å²) in [6.45, 7) is 3.36. The normalized spacial score (nSPS) is 19.2. The molecule has 1 atom stereocenters. The predicted molar refractivity (Wildman–Crippen MR) is 122 cm³/mol. The van der Waals surface area contributed by atoms with Crippen molar-refractivity contribution in [3.8, 4) is 0 Å². The molecule has 1 fully saturated rings. The van der Waals surface area contributed by atoms with E-state index >= 15 is 0 Å². The van der Waals surface area contributed by atoms with Crippen LogP contribution < -0.4 is 21.1 Å². The number of benzene rings is 3. The molecule has 0 spiro atoms. The van der Waals surface area contributed by atoms with Crippen LogP contribution >= 0.6 is 0 Å². The summed E-state index contributed by atoms with van der Waals surface area (Å²) in [4.78, 5) is 30.6. The monoisotopic (exact) mass is 413 g/mol. The molecule has 0 aliphatic carbocycles. The van der Waals surface area contributed by atoms with Crippen LogP contribution in [0.25, 0.3) is 0 Å². The van der Waals surface area contributed by atoms with Crippen molar-refractivity contribution in [2.45, 2.75) is 19.5 Å². The summed E-state index contributed by atoms with van der Waals surface area (Å²) >= 11 is 0. The summed E-state index contributed by atoms with van der Waals surface area (Å²) in [6, 6.07) is 26.0. The Morgan fingerprint density at radius 1 is 0.935 bits per heavy atom. The van der Waals surface area contributed by atoms with Crippen molar-refractivity contribution >= 4 is 34.7 Å². The van der Waals surface area contributed by atoms with Crippen molar-refractivity contribution in [3.05, 3.63) is 90.5 Å². The van der Waals surface area contributed by atoms with E-state index in [1.165, 1.54) is 11.9 Å². The highest BCUT2D eigenvalue weighted by atomic mass is 16.2. The molecule has 0 saturated carbocycles. The summed E-state index contributed by atoms with van der Waals surface area (Å²) in [5, 5.41) is 7.39. The SMILES string of the molecule is CC(=O)NC1(Nc2ccccc2)C(=O)N(c2ccccc2)NC1=Nc1ccc(C)cc1. The minimum Gasteiger partial charge on any atom is -0.349 e. The number of nitrogens with zero attached hydrogens (tertiary/aromatic N) is 2. The maximum Gasteiger partial charge on any atom is 0.300 e. The van der Waals surface area contributed by atoms with Crippen LogP contribution in [-0.4, -0.2) is 23.3 Å². The molecule has 4 rings (SSSR count). The zero-order chi connectivity index (χ0) is 21.8. The minimum absolute atomic E-state index is 0.268. The standard InChI is InChI=1S/C24H23N5O2/c1-17-13-15-19(16-14-17)25-22-24(26-18(2)30,27-20-9-5-3-6-10-20)23(31)29(28-22)21-11-7-4-8-12-21/h3-16,27H,1-2H3,(H,25,28)(H,26,30). The number of hydrazine groups is 1. The Hall–Kier alpha value is -4.13. The highest BCUT2D eigenvalue weighted by Gasteiger charge is 2.54. The Kier molecular flexibility index (Phi) is 5.41. The van der Waals surface area contributed by atoms with Crippen molar-refractivity contribution in [3.63, 3.8) is 0 Å². The number of carbonyl (C=O) groups excluding carboxylic acids is 2. The number of aliphatic imine (C=N–C) groups is 1. The number of amides is 2. The number of nitrogens with one attached hydrogen (secondary N) is 3. The van der Waals surface area contributed by atoms with E-state index in [1.54, 1.807) is 12.1 Å². The second-order valence-corrected chi connectivity index (χ2v) is 7.31. The van der Waals surface area contributed by atoms with E-state index in [4.69, 9.17) is 4.99 Å². The Bertz CT molecular complexity index is 1110. The van der Waals surface area contributed by atoms with E-state index in [0.717, 1.165) is 5.56 Å². The molecule has 0 aromatic heterocycles. The first-order chi connectivity index (χ1) is 15.0. The highest BCUT2D eigenvalue weighted by molar-refractivity contribution is 6.26. The van der Waals surface area contributed by atoms with Crippen LogP contribution in [0.2, 0.25) is 0 Å². The van der Waals surface area contributed by atoms with Crippen molar-refractivity contribution in [1.82, 2.24) is 10.7 Å². The van der Waals surface area contributed by atoms with E-state index < -0.39 is 11.6 Å². The lowest BCUT2D eigenvalue weighted by atomic mass is 10.1. The molecule has 1 saturated heterocycles. The second-order valence-electron chi connectivity index (χ2n) is 7.31. The van der Waals surface area contributed by atoms with Gasteiger partial charge in [-0.3, -0.25) is 15.0 Å². The molecular weight excluding hydrogens is 390 g/mol. The van der Waals surface area contributed by atoms with Gasteiger partial charge < -0.3 is 10.6 Å². The molecule has 1 aliphatic heterocycles. The van der Waals surface area contributed by atoms with Crippen molar-refractivity contribution < 1.29 is 9.59 Å². The van der Waals surface area contributed by atoms with Crippen LogP contribution in [0.4, 0.5) is 17.1 Å². The number of para-hydroxylation sites is 2. The fourth-order valence-corrected chi connectivity index (χ4v) is 3.38. The first kappa shape index (κ1) is 20.2. The Balaban J connectivity index is 1.85. The van der Waals surface area contributed by atoms with Crippen LogP contribution in [-0.2, 0) is 9.59 Å². The van der Waals surface area contributed by atoms with Gasteiger partial charge in [-0.2, -0.15) is 0 Å². The number of aryl methyl sites for hydroxylation is 1. The number of rotatable bonds is 5. The average Bonchev–Trinajstić information content (AvgIpc) is 3.02. The third-order valence-corrected chi connectivity index (χ3v) is 4.86. The van der Waals surface area contributed by atoms with Gasteiger partial charge >= 0.3 is 0 Å². The van der Waals surface area contributed by atoms with Crippen molar-refractivity contribution in [2.24, 2.45) is 4.99 Å². The molecule has 0 radical (unpaired) electrons. The van der Waals surface area contributed by atoms with E-state index in [2.05, 4.69) is 16.1 Å². The molecule has 156 valence electrons. The molecule has 3 aromatic rings. The molecule has 3 N–H and O–H groups in total. The summed E-state index contributed by atoms with van der Waals surface area (Å²) in [5.41, 5.74) is 4.54. The predicted octanol–water partition coefficient (Wildman–Crippen LogP) is 3.52. The largest absolute Gasteiger partial charge is 0.349 e. The molecular formula is C24H23N5O2. The van der Waals surface area contributed by atoms with Crippen LogP contribution in [0.1, 0.15) is 12.5 Å². The van der Waals surface area contributed by atoms with E-state index in [9.17, 15) is 9.59 Å². The minimum atomic E-state index is -1.60. The summed E-state index contributed by atoms with van der Waals surface area (Å²) in [7, 11) is 0. The first-order valence-electron chi connectivity index (χ1n) is 9.92. The van der Waals surface area contributed by atoms with Gasteiger partial charge in [-0.25, -0.2) is 10.0 Å². The molecule has 7 nitrogen and oxygen atoms in total. The van der Waals surface area contributed by atoms with Gasteiger partial charge in [0.25, 0.3) is 11.6 Å². The number of hydrogen-bond donors (Lipinski definition) is 3. The zero-order valence-electron chi connectivity index (χ0n) is 17.3. The van der Waals surface area contributed by atoms with Crippen LogP contribution in [0.15, 0.2) is 89.9 Å². The third kappa shape index (κ3) is 4.11. The molecule has 1 aliphatic rings. The van der Waals surface area contributed by atoms with Crippen molar-refractivity contribution in [2.75, 3.05) is 10.3 Å². The quantitative estimate of drug-likeness (QED) is 0.559. The summed E-state index contributed by atoms with van der Waals surface area (Å²) in [5.74, 6) is -0.502. The second kappa shape index (κ2) is 8.31. The van der Waals surface area contributed by atoms with Gasteiger partial charge in [0.05, 0.1) is 11.4 Å². The van der Waals surface area contributed by atoms with E-state index in [-0.39, 0.29) is 11.7 Å². The van der Waals surface area contributed by atoms with Gasteiger partial charge in [0.1, 0.15) is 0 Å². The smallest absolute Gasteiger partial charge is 0.300 e. The third-order valence-electron chi connectivity index (χ3n) is 4.86. The molecule has 7 heteroatoms. The van der Waals surface area contributed by atoms with E-state index in [1.807, 2.05) is 79.7 Å². The van der Waals surface area contributed by atoms with Crippen molar-refractivity contribution in [1.29, 1.82) is 0 Å². The fourth-order valence-electron chi connectivity index (χ4n) is 3.38. The topological polar surface area (TPSA) is 85.8 Å². The Morgan fingerprint density at radius 3 is 2.16 bits per heavy atom. The van der Waals surface area contributed by atoms with Gasteiger partial charge in [-0.15, -0.1) is 0 Å². The van der Waals surface area contributed by atoms with Gasteiger partial charge in [0.15, 0.2) is 5.84 Å². The summed E-state index contributed by atoms with van der Waals surface area (Å²) < 4.78 is 0. The Morgan fingerprint density at radius 2 is 1.55 bits per heavy atom. The lowest BCUT2D eigenvalue weighted by molar-refractivity contribution is -0.126. The lowest BCUT2D eigenvalue weighted by Crippen LogP contribution is -2.63. The number of amidine groups is 1. The fraction of sp³-hybridized carbons (Fsp3) is 0.125. The lowest BCUT2D eigenvalue weighted by Gasteiger charge is -2.29. The highest BCUT2D eigenvalue weighted by Crippen LogP contribution is 2.27. The Labute approximate surface area is 180 Å². The maximum absolute atomic E-state index is 13.7. The molecule has 2 amide bonds. The zero-order valence-corrected chi connectivity index (χ0v) is 17.3. The number of carbonyl (C=O) groups is 2. The molecule has 1 heterocycles. The van der Waals surface area contributed by atoms with Gasteiger partial charge in [-0.05, 0) is 43.3 Å². The maximum atomic E-state index is 13.7. The molecule has 3 aromatic carbocycles. The van der Waals surface area contributed by atoms with Gasteiger partial charge in [-0.1, -0.05) is 54.1 Å². The van der Waals surface area contributed by atoms with Crippen LogP contribution in [0.3, 0.4) is 0 Å². The average molecular weight is 413 g/mol.